The van der Waals surface area contributed by atoms with Crippen LogP contribution in [0.5, 0.6) is 5.75 Å². The van der Waals surface area contributed by atoms with Gasteiger partial charge < -0.3 is 15.0 Å². The van der Waals surface area contributed by atoms with E-state index in [0.717, 1.165) is 18.7 Å². The zero-order valence-corrected chi connectivity index (χ0v) is 11.8. The van der Waals surface area contributed by atoms with Gasteiger partial charge in [0.25, 0.3) is 0 Å². The van der Waals surface area contributed by atoms with Crippen molar-refractivity contribution in [3.63, 3.8) is 0 Å². The molecule has 5 heteroatoms. The van der Waals surface area contributed by atoms with Crippen LogP contribution >= 0.6 is 0 Å². The second-order valence-corrected chi connectivity index (χ2v) is 5.12. The summed E-state index contributed by atoms with van der Waals surface area (Å²) >= 11 is 0. The molecular weight excluding hydrogens is 269 g/mol. The second-order valence-electron chi connectivity index (χ2n) is 5.12. The Labute approximate surface area is 122 Å². The Morgan fingerprint density at radius 1 is 1.52 bits per heavy atom. The van der Waals surface area contributed by atoms with Crippen LogP contribution in [0.15, 0.2) is 18.2 Å². The summed E-state index contributed by atoms with van der Waals surface area (Å²) in [7, 11) is 1.43. The fourth-order valence-corrected chi connectivity index (χ4v) is 2.42. The molecule has 1 fully saturated rings. The Morgan fingerprint density at radius 3 is 2.86 bits per heavy atom. The van der Waals surface area contributed by atoms with Crippen molar-refractivity contribution in [2.24, 2.45) is 0 Å². The number of imidazole rings is 1. The summed E-state index contributed by atoms with van der Waals surface area (Å²) in [5.41, 5.74) is 7.37. The molecule has 1 aromatic carbocycles. The standard InChI is InChI=1S/C16H16FN3O/c1-3-8-20-15(18)14(19-16(20)10-4-5-10)11-6-7-13(21-2)12(17)9-11/h1,6-7,9-10H,4-5,8,18H2,2H3. The minimum Gasteiger partial charge on any atom is -0.494 e. The monoisotopic (exact) mass is 285 g/mol. The molecule has 1 saturated carbocycles. The molecule has 1 aliphatic rings. The van der Waals surface area contributed by atoms with Crippen molar-refractivity contribution in [1.29, 1.82) is 0 Å². The minimum absolute atomic E-state index is 0.197. The minimum atomic E-state index is -0.436. The summed E-state index contributed by atoms with van der Waals surface area (Å²) in [6.07, 6.45) is 7.59. The number of aromatic nitrogens is 2. The molecule has 108 valence electrons. The first-order chi connectivity index (χ1) is 10.2. The molecular formula is C16H16FN3O. The van der Waals surface area contributed by atoms with E-state index in [1.807, 2.05) is 4.57 Å². The lowest BCUT2D eigenvalue weighted by atomic mass is 10.1. The van der Waals surface area contributed by atoms with E-state index in [9.17, 15) is 4.39 Å². The smallest absolute Gasteiger partial charge is 0.165 e. The van der Waals surface area contributed by atoms with Crippen LogP contribution in [0.1, 0.15) is 24.6 Å². The number of nitrogen functional groups attached to an aromatic ring is 1. The molecule has 4 nitrogen and oxygen atoms in total. The SMILES string of the molecule is C#CCn1c(C2CC2)nc(-c2ccc(OC)c(F)c2)c1N. The molecule has 1 aromatic heterocycles. The molecule has 0 radical (unpaired) electrons. The molecule has 2 aromatic rings. The number of anilines is 1. The van der Waals surface area contributed by atoms with Crippen molar-refractivity contribution in [3.8, 4) is 29.4 Å². The van der Waals surface area contributed by atoms with Crippen LogP contribution in [0.4, 0.5) is 10.2 Å². The van der Waals surface area contributed by atoms with E-state index < -0.39 is 5.82 Å². The normalized spacial score (nSPS) is 14.0. The highest BCUT2D eigenvalue weighted by Crippen LogP contribution is 2.42. The van der Waals surface area contributed by atoms with Crippen LogP contribution in [0.25, 0.3) is 11.3 Å². The number of rotatable bonds is 4. The summed E-state index contributed by atoms with van der Waals surface area (Å²) in [5, 5.41) is 0. The molecule has 0 aliphatic heterocycles. The largest absolute Gasteiger partial charge is 0.494 e. The lowest BCUT2D eigenvalue weighted by Gasteiger charge is -2.06. The number of halogens is 1. The van der Waals surface area contributed by atoms with Crippen molar-refractivity contribution < 1.29 is 9.13 Å². The first-order valence-corrected chi connectivity index (χ1v) is 6.79. The maximum Gasteiger partial charge on any atom is 0.165 e. The maximum atomic E-state index is 13.9. The molecule has 0 saturated heterocycles. The number of methoxy groups -OCH3 is 1. The molecule has 1 aliphatic carbocycles. The van der Waals surface area contributed by atoms with E-state index in [4.69, 9.17) is 16.9 Å². The van der Waals surface area contributed by atoms with Gasteiger partial charge >= 0.3 is 0 Å². The highest BCUT2D eigenvalue weighted by molar-refractivity contribution is 5.72. The highest BCUT2D eigenvalue weighted by Gasteiger charge is 2.30. The van der Waals surface area contributed by atoms with Crippen molar-refractivity contribution in [3.05, 3.63) is 29.8 Å². The van der Waals surface area contributed by atoms with Crippen LogP contribution in [-0.4, -0.2) is 16.7 Å². The lowest BCUT2D eigenvalue weighted by Crippen LogP contribution is -2.05. The van der Waals surface area contributed by atoms with Gasteiger partial charge in [0.05, 0.1) is 13.7 Å². The van der Waals surface area contributed by atoms with E-state index in [0.29, 0.717) is 29.5 Å². The average molecular weight is 285 g/mol. The molecule has 3 rings (SSSR count). The molecule has 0 unspecified atom stereocenters. The van der Waals surface area contributed by atoms with Crippen LogP contribution < -0.4 is 10.5 Å². The Kier molecular flexibility index (Phi) is 3.30. The summed E-state index contributed by atoms with van der Waals surface area (Å²) in [5.74, 6) is 4.15. The van der Waals surface area contributed by atoms with Crippen LogP contribution in [0.3, 0.4) is 0 Å². The van der Waals surface area contributed by atoms with Gasteiger partial charge in [-0.2, -0.15) is 0 Å². The van der Waals surface area contributed by atoms with Crippen molar-refractivity contribution in [2.75, 3.05) is 12.8 Å². The van der Waals surface area contributed by atoms with Gasteiger partial charge in [-0.05, 0) is 31.0 Å². The second kappa shape index (κ2) is 5.13. The topological polar surface area (TPSA) is 53.1 Å². The third-order valence-electron chi connectivity index (χ3n) is 3.65. The Bertz CT molecular complexity index is 726. The van der Waals surface area contributed by atoms with Crippen molar-refractivity contribution >= 4 is 5.82 Å². The van der Waals surface area contributed by atoms with Crippen LogP contribution in [-0.2, 0) is 6.54 Å². The molecule has 2 N–H and O–H groups in total. The number of terminal acetylenes is 1. The summed E-state index contributed by atoms with van der Waals surface area (Å²) in [4.78, 5) is 4.59. The number of hydrogen-bond acceptors (Lipinski definition) is 3. The summed E-state index contributed by atoms with van der Waals surface area (Å²) < 4.78 is 20.6. The summed E-state index contributed by atoms with van der Waals surface area (Å²) in [6.45, 7) is 0.378. The number of nitrogens with zero attached hydrogens (tertiary/aromatic N) is 2. The first-order valence-electron chi connectivity index (χ1n) is 6.79. The third-order valence-corrected chi connectivity index (χ3v) is 3.65. The van der Waals surface area contributed by atoms with Gasteiger partial charge in [0.1, 0.15) is 17.3 Å². The third kappa shape index (κ3) is 2.33. The molecule has 21 heavy (non-hydrogen) atoms. The van der Waals surface area contributed by atoms with Gasteiger partial charge in [-0.1, -0.05) is 5.92 Å². The fourth-order valence-electron chi connectivity index (χ4n) is 2.42. The number of ether oxygens (including phenoxy) is 1. The highest BCUT2D eigenvalue weighted by atomic mass is 19.1. The molecule has 0 spiro atoms. The summed E-state index contributed by atoms with van der Waals surface area (Å²) in [6, 6.07) is 4.70. The molecule has 1 heterocycles. The van der Waals surface area contributed by atoms with E-state index in [2.05, 4.69) is 10.9 Å². The van der Waals surface area contributed by atoms with Crippen LogP contribution in [0.2, 0.25) is 0 Å². The van der Waals surface area contributed by atoms with Gasteiger partial charge in [0.2, 0.25) is 0 Å². The zero-order chi connectivity index (χ0) is 15.0. The molecule has 0 atom stereocenters. The van der Waals surface area contributed by atoms with Crippen molar-refractivity contribution in [1.82, 2.24) is 9.55 Å². The number of hydrogen-bond donors (Lipinski definition) is 1. The average Bonchev–Trinajstić information content (AvgIpc) is 3.26. The fraction of sp³-hybridized carbons (Fsp3) is 0.312. The molecule has 0 amide bonds. The van der Waals surface area contributed by atoms with E-state index in [1.165, 1.54) is 13.2 Å². The van der Waals surface area contributed by atoms with Gasteiger partial charge in [-0.25, -0.2) is 9.37 Å². The zero-order valence-electron chi connectivity index (χ0n) is 11.8. The van der Waals surface area contributed by atoms with E-state index in [-0.39, 0.29) is 5.75 Å². The van der Waals surface area contributed by atoms with Crippen LogP contribution in [0, 0.1) is 18.2 Å². The van der Waals surface area contributed by atoms with E-state index in [1.54, 1.807) is 12.1 Å². The Balaban J connectivity index is 2.08. The predicted molar refractivity (Wildman–Crippen MR) is 79.4 cm³/mol. The lowest BCUT2D eigenvalue weighted by molar-refractivity contribution is 0.386. The number of nitrogens with two attached hydrogens (primary N) is 1. The van der Waals surface area contributed by atoms with E-state index >= 15 is 0 Å². The van der Waals surface area contributed by atoms with Crippen molar-refractivity contribution in [2.45, 2.75) is 25.3 Å². The Morgan fingerprint density at radius 2 is 2.29 bits per heavy atom. The Hall–Kier alpha value is -2.48. The quantitative estimate of drug-likeness (QED) is 0.879. The van der Waals surface area contributed by atoms with Gasteiger partial charge in [0.15, 0.2) is 11.6 Å². The van der Waals surface area contributed by atoms with Gasteiger partial charge in [-0.15, -0.1) is 6.42 Å². The molecule has 0 bridgehead atoms. The predicted octanol–water partition coefficient (Wildman–Crippen LogP) is 2.79. The van der Waals surface area contributed by atoms with Gasteiger partial charge in [0, 0.05) is 11.5 Å². The first kappa shape index (κ1) is 13.5. The van der Waals surface area contributed by atoms with Gasteiger partial charge in [-0.3, -0.25) is 0 Å². The maximum absolute atomic E-state index is 13.9. The number of benzene rings is 1.